The molecule has 2 aromatic heterocycles. The Hall–Kier alpha value is -5.11. The van der Waals surface area contributed by atoms with Crippen molar-refractivity contribution in [3.05, 3.63) is 57.6 Å². The molecule has 46 heavy (non-hydrogen) atoms. The number of β-lactam (4-membered cyclic amide) rings is 1. The molecule has 4 amide bonds. The Kier molecular flexibility index (Phi) is 9.19. The Bertz CT molecular complexity index is 1780. The van der Waals surface area contributed by atoms with Gasteiger partial charge in [-0.2, -0.15) is 0 Å². The molecule has 0 spiro atoms. The van der Waals surface area contributed by atoms with Crippen molar-refractivity contribution in [2.45, 2.75) is 42.5 Å². The van der Waals surface area contributed by atoms with E-state index in [1.54, 1.807) is 7.05 Å². The van der Waals surface area contributed by atoms with Gasteiger partial charge in [0.15, 0.2) is 0 Å². The van der Waals surface area contributed by atoms with Gasteiger partial charge < -0.3 is 26.6 Å². The highest BCUT2D eigenvalue weighted by Gasteiger charge is 2.55. The first-order valence-corrected chi connectivity index (χ1v) is 15.7. The van der Waals surface area contributed by atoms with Crippen LogP contribution in [0, 0.1) is 0 Å². The lowest BCUT2D eigenvalue weighted by molar-refractivity contribution is -0.150. The van der Waals surface area contributed by atoms with E-state index in [0.29, 0.717) is 10.7 Å². The summed E-state index contributed by atoms with van der Waals surface area (Å²) in [6.07, 6.45) is 1.09. The van der Waals surface area contributed by atoms with E-state index in [1.165, 1.54) is 52.5 Å². The number of aliphatic carboxylic acids is 1. The van der Waals surface area contributed by atoms with E-state index in [-0.39, 0.29) is 46.2 Å². The van der Waals surface area contributed by atoms with Crippen LogP contribution in [0.15, 0.2) is 51.7 Å². The van der Waals surface area contributed by atoms with Crippen molar-refractivity contribution in [1.82, 2.24) is 40.4 Å². The van der Waals surface area contributed by atoms with Gasteiger partial charge in [-0.3, -0.25) is 29.2 Å². The van der Waals surface area contributed by atoms with Crippen LogP contribution < -0.4 is 26.8 Å². The molecular formula is C26H29N11O7S2. The number of carbonyl (C=O) groups is 4. The van der Waals surface area contributed by atoms with Crippen LogP contribution in [0.2, 0.25) is 0 Å². The van der Waals surface area contributed by atoms with Crippen molar-refractivity contribution in [2.24, 2.45) is 12.8 Å². The monoisotopic (exact) mass is 671 g/mol. The predicted octanol–water partition coefficient (Wildman–Crippen LogP) is -0.0234. The van der Waals surface area contributed by atoms with Crippen molar-refractivity contribution >= 4 is 59.0 Å². The fourth-order valence-electron chi connectivity index (χ4n) is 4.89. The summed E-state index contributed by atoms with van der Waals surface area (Å²) in [4.78, 5) is 74.0. The molecule has 5 rings (SSSR count). The number of carbonyl (C=O) groups excluding carboxylic acids is 3. The summed E-state index contributed by atoms with van der Waals surface area (Å²) >= 11 is 2.47. The number of fused-ring (bicyclic) bond motifs is 1. The number of hydrogen-bond donors (Lipinski definition) is 6. The standard InChI is InChI=1S/C26H29N11O7S2/c1-11(2)29-25-28-8-15(19(39)31-25)36(24(27)44)17(12-4-6-14(38)7-5-12)20(40)30-16-21(41)37-18(23(42)43)13(9-45-22(16)37)10-46-26-32-33-34-35(26)3/h4-8,11,16-17,22,38H,9-10H2,1-3H3,(H2,27,44)(H,30,40)(H,42,43)(H2,28,29,31,39)/t16?,17?,22-/m0/s1. The summed E-state index contributed by atoms with van der Waals surface area (Å²) in [5, 5.41) is 36.3. The number of rotatable bonds is 11. The second kappa shape index (κ2) is 13.1. The highest BCUT2D eigenvalue weighted by molar-refractivity contribution is 8.01. The smallest absolute Gasteiger partial charge is 0.352 e. The van der Waals surface area contributed by atoms with E-state index >= 15 is 0 Å². The molecule has 2 aliphatic heterocycles. The molecule has 0 radical (unpaired) electrons. The third-order valence-electron chi connectivity index (χ3n) is 6.92. The molecule has 242 valence electrons. The number of aromatic nitrogens is 6. The van der Waals surface area contributed by atoms with Gasteiger partial charge in [-0.05, 0) is 47.5 Å². The zero-order valence-corrected chi connectivity index (χ0v) is 26.2. The molecule has 3 atom stereocenters. The summed E-state index contributed by atoms with van der Waals surface area (Å²) in [5.41, 5.74) is 5.02. The van der Waals surface area contributed by atoms with Crippen LogP contribution in [0.25, 0.3) is 0 Å². The summed E-state index contributed by atoms with van der Waals surface area (Å²) in [5.74, 6) is -2.42. The Morgan fingerprint density at radius 2 is 1.96 bits per heavy atom. The van der Waals surface area contributed by atoms with Crippen LogP contribution in [0.3, 0.4) is 0 Å². The van der Waals surface area contributed by atoms with Gasteiger partial charge in [0, 0.05) is 24.6 Å². The maximum Gasteiger partial charge on any atom is 0.352 e. The number of benzene rings is 1. The van der Waals surface area contributed by atoms with Crippen molar-refractivity contribution in [3.8, 4) is 5.75 Å². The summed E-state index contributed by atoms with van der Waals surface area (Å²) in [7, 11) is 1.64. The van der Waals surface area contributed by atoms with E-state index in [1.807, 2.05) is 13.8 Å². The molecule has 0 aliphatic carbocycles. The molecule has 2 unspecified atom stereocenters. The van der Waals surface area contributed by atoms with Gasteiger partial charge in [-0.1, -0.05) is 23.9 Å². The number of nitrogens with one attached hydrogen (secondary N) is 3. The number of amides is 4. The van der Waals surface area contributed by atoms with Crippen LogP contribution in [-0.4, -0.2) is 98.1 Å². The maximum atomic E-state index is 13.9. The number of nitrogens with zero attached hydrogens (tertiary/aromatic N) is 7. The topological polar surface area (TPSA) is 255 Å². The molecule has 2 aliphatic rings. The molecular weight excluding hydrogens is 642 g/mol. The Balaban J connectivity index is 1.43. The van der Waals surface area contributed by atoms with Crippen molar-refractivity contribution < 1.29 is 29.4 Å². The van der Waals surface area contributed by atoms with Crippen molar-refractivity contribution in [3.63, 3.8) is 0 Å². The largest absolute Gasteiger partial charge is 0.508 e. The van der Waals surface area contributed by atoms with Crippen LogP contribution in [0.4, 0.5) is 16.4 Å². The lowest BCUT2D eigenvalue weighted by Gasteiger charge is -2.49. The zero-order valence-electron chi connectivity index (χ0n) is 24.6. The van der Waals surface area contributed by atoms with Crippen molar-refractivity contribution in [1.29, 1.82) is 0 Å². The minimum Gasteiger partial charge on any atom is -0.508 e. The van der Waals surface area contributed by atoms with Crippen LogP contribution in [0.5, 0.6) is 5.75 Å². The normalized spacial score (nSPS) is 18.1. The van der Waals surface area contributed by atoms with E-state index in [0.717, 1.165) is 16.0 Å². The first-order valence-electron chi connectivity index (χ1n) is 13.7. The molecule has 4 heterocycles. The minimum absolute atomic E-state index is 0.0735. The predicted molar refractivity (Wildman–Crippen MR) is 166 cm³/mol. The van der Waals surface area contributed by atoms with Gasteiger partial charge in [0.2, 0.25) is 17.0 Å². The maximum absolute atomic E-state index is 13.9. The molecule has 1 saturated heterocycles. The number of anilines is 2. The van der Waals surface area contributed by atoms with Gasteiger partial charge >= 0.3 is 12.0 Å². The van der Waals surface area contributed by atoms with Gasteiger partial charge in [0.25, 0.3) is 11.5 Å². The Morgan fingerprint density at radius 1 is 1.24 bits per heavy atom. The van der Waals surface area contributed by atoms with Gasteiger partial charge in [0.05, 0.1) is 6.20 Å². The van der Waals surface area contributed by atoms with E-state index in [9.17, 15) is 34.2 Å². The number of carboxylic acids is 1. The number of aromatic hydroxyl groups is 1. The van der Waals surface area contributed by atoms with E-state index in [4.69, 9.17) is 5.73 Å². The number of aromatic amines is 1. The number of urea groups is 1. The molecule has 0 bridgehead atoms. The summed E-state index contributed by atoms with van der Waals surface area (Å²) in [6.45, 7) is 3.66. The number of nitrogens with two attached hydrogens (primary N) is 1. The van der Waals surface area contributed by atoms with Gasteiger partial charge in [0.1, 0.15) is 34.6 Å². The van der Waals surface area contributed by atoms with E-state index in [2.05, 4.69) is 36.1 Å². The number of thioether (sulfide) groups is 2. The molecule has 20 heteroatoms. The molecule has 18 nitrogen and oxygen atoms in total. The number of phenols is 1. The van der Waals surface area contributed by atoms with E-state index < -0.39 is 46.8 Å². The first-order chi connectivity index (χ1) is 21.9. The number of phenolic OH excluding ortho intramolecular Hbond substituents is 1. The molecule has 1 fully saturated rings. The molecule has 1 aromatic carbocycles. The van der Waals surface area contributed by atoms with Crippen LogP contribution in [-0.2, 0) is 21.4 Å². The quantitative estimate of drug-likeness (QED) is 0.116. The zero-order chi connectivity index (χ0) is 33.3. The van der Waals surface area contributed by atoms with Crippen LogP contribution in [0.1, 0.15) is 25.5 Å². The molecule has 7 N–H and O–H groups in total. The fourth-order valence-corrected chi connectivity index (χ4v) is 7.22. The van der Waals surface area contributed by atoms with Crippen LogP contribution >= 0.6 is 23.5 Å². The number of H-pyrrole nitrogens is 1. The Morgan fingerprint density at radius 3 is 2.54 bits per heavy atom. The molecule has 3 aromatic rings. The van der Waals surface area contributed by atoms with Gasteiger partial charge in [-0.25, -0.2) is 19.3 Å². The SMILES string of the molecule is CC(C)Nc1ncc(N(C(N)=O)C(C(=O)NC2C(=O)N3C(C(=O)O)=C(CSc4nnnn4C)CS[C@@H]23)c2ccc(O)cc2)c(=O)[nH]1. The number of primary amides is 1. The highest BCUT2D eigenvalue weighted by Crippen LogP contribution is 2.42. The summed E-state index contributed by atoms with van der Waals surface area (Å²) < 4.78 is 1.44. The second-order valence-corrected chi connectivity index (χ2v) is 12.5. The third kappa shape index (κ3) is 6.33. The third-order valence-corrected chi connectivity index (χ3v) is 9.36. The highest BCUT2D eigenvalue weighted by atomic mass is 32.2. The van der Waals surface area contributed by atoms with Crippen molar-refractivity contribution in [2.75, 3.05) is 21.7 Å². The van der Waals surface area contributed by atoms with Gasteiger partial charge in [-0.15, -0.1) is 16.9 Å². The first kappa shape index (κ1) is 32.3. The fraction of sp³-hybridized carbons (Fsp3) is 0.346. The summed E-state index contributed by atoms with van der Waals surface area (Å²) in [6, 6.07) is 1.29. The lowest BCUT2D eigenvalue weighted by Crippen LogP contribution is -2.71. The molecule has 0 saturated carbocycles. The lowest BCUT2D eigenvalue weighted by atomic mass is 10.00. The second-order valence-electron chi connectivity index (χ2n) is 10.5. The Labute approximate surface area is 268 Å². The number of aryl methyl sites for hydroxylation is 1. The average Bonchev–Trinajstić information content (AvgIpc) is 3.41. The number of carboxylic acid groups (broad SMARTS) is 1. The average molecular weight is 672 g/mol. The minimum atomic E-state index is -1.58. The number of hydrogen-bond acceptors (Lipinski definition) is 13. The number of tetrazole rings is 1.